The zero-order valence-corrected chi connectivity index (χ0v) is 18.6. The Labute approximate surface area is 185 Å². The van der Waals surface area contributed by atoms with Crippen molar-refractivity contribution < 1.29 is 14.7 Å². The van der Waals surface area contributed by atoms with Gasteiger partial charge in [-0.3, -0.25) is 14.5 Å². The predicted molar refractivity (Wildman–Crippen MR) is 118 cm³/mol. The molecule has 9 nitrogen and oxygen atoms in total. The van der Waals surface area contributed by atoms with Gasteiger partial charge >= 0.3 is 0 Å². The smallest absolute Gasteiger partial charge is 0.270 e. The number of carbonyl (C=O) groups is 2. The molecule has 31 heavy (non-hydrogen) atoms. The maximum Gasteiger partial charge on any atom is 0.270 e. The monoisotopic (exact) mass is 444 g/mol. The van der Waals surface area contributed by atoms with Crippen molar-refractivity contribution in [2.75, 3.05) is 38.0 Å². The molecule has 3 N–H and O–H groups in total. The SMILES string of the molecule is CC(=O)N1CC(Nc2cc(C(=O)NCC(O)CN3CCc4scc(C)c4C3)ncn2)C1. The molecule has 2 aromatic rings. The first-order valence-corrected chi connectivity index (χ1v) is 11.4. The Hall–Kier alpha value is -2.56. The fourth-order valence-corrected chi connectivity index (χ4v) is 4.96. The summed E-state index contributed by atoms with van der Waals surface area (Å²) in [6, 6.07) is 1.71. The van der Waals surface area contributed by atoms with Crippen LogP contribution in [0, 0.1) is 6.92 Å². The van der Waals surface area contributed by atoms with Crippen molar-refractivity contribution in [3.8, 4) is 0 Å². The van der Waals surface area contributed by atoms with E-state index in [-0.39, 0.29) is 30.1 Å². The van der Waals surface area contributed by atoms with Crippen LogP contribution >= 0.6 is 11.3 Å². The molecular formula is C21H28N6O3S. The Morgan fingerprint density at radius 3 is 2.94 bits per heavy atom. The van der Waals surface area contributed by atoms with E-state index in [0.717, 1.165) is 19.5 Å². The Morgan fingerprint density at radius 2 is 2.16 bits per heavy atom. The van der Waals surface area contributed by atoms with Gasteiger partial charge in [0.25, 0.3) is 5.91 Å². The second kappa shape index (κ2) is 9.29. The van der Waals surface area contributed by atoms with Gasteiger partial charge in [0, 0.05) is 57.1 Å². The van der Waals surface area contributed by atoms with Crippen LogP contribution in [0.3, 0.4) is 0 Å². The Bertz CT molecular complexity index is 958. The summed E-state index contributed by atoms with van der Waals surface area (Å²) in [6.07, 6.45) is 1.69. The first kappa shape index (κ1) is 21.7. The maximum atomic E-state index is 12.5. The normalized spacial score (nSPS) is 17.6. The number of thiophene rings is 1. The minimum Gasteiger partial charge on any atom is -0.390 e. The highest BCUT2D eigenvalue weighted by Gasteiger charge is 2.28. The number of nitrogens with zero attached hydrogens (tertiary/aromatic N) is 4. The summed E-state index contributed by atoms with van der Waals surface area (Å²) in [5.74, 6) is 0.247. The highest BCUT2D eigenvalue weighted by Crippen LogP contribution is 2.27. The summed E-state index contributed by atoms with van der Waals surface area (Å²) >= 11 is 1.82. The average Bonchev–Trinajstić information content (AvgIpc) is 3.09. The van der Waals surface area contributed by atoms with E-state index in [2.05, 4.69) is 37.8 Å². The molecule has 0 spiro atoms. The number of β-amino-alcohol motifs (C(OH)–C–C–N with tert-alkyl or cyclic N) is 1. The second-order valence-electron chi connectivity index (χ2n) is 8.22. The number of hydrogen-bond donors (Lipinski definition) is 3. The fraction of sp³-hybridized carbons (Fsp3) is 0.524. The maximum absolute atomic E-state index is 12.5. The number of hydrogen-bond acceptors (Lipinski definition) is 8. The summed E-state index contributed by atoms with van der Waals surface area (Å²) in [6.45, 7) is 7.35. The summed E-state index contributed by atoms with van der Waals surface area (Å²) in [5, 5.41) is 18.6. The van der Waals surface area contributed by atoms with Crippen LogP contribution in [0.1, 0.15) is 33.4 Å². The Balaban J connectivity index is 1.23. The van der Waals surface area contributed by atoms with Gasteiger partial charge in [-0.05, 0) is 29.9 Å². The lowest BCUT2D eigenvalue weighted by atomic mass is 10.1. The number of rotatable bonds is 7. The molecule has 0 radical (unpaired) electrons. The highest BCUT2D eigenvalue weighted by molar-refractivity contribution is 7.10. The summed E-state index contributed by atoms with van der Waals surface area (Å²) in [7, 11) is 0. The molecule has 0 saturated carbocycles. The van der Waals surface area contributed by atoms with Crippen LogP contribution in [-0.4, -0.2) is 81.6 Å². The molecular weight excluding hydrogens is 416 g/mol. The van der Waals surface area contributed by atoms with Crippen LogP contribution in [0.4, 0.5) is 5.82 Å². The molecule has 166 valence electrons. The number of carbonyl (C=O) groups excluding carboxylic acids is 2. The van der Waals surface area contributed by atoms with Crippen LogP contribution in [-0.2, 0) is 17.8 Å². The third kappa shape index (κ3) is 5.20. The number of amides is 2. The number of aliphatic hydroxyl groups is 1. The van der Waals surface area contributed by atoms with Crippen molar-refractivity contribution >= 4 is 29.0 Å². The lowest BCUT2D eigenvalue weighted by molar-refractivity contribution is -0.132. The molecule has 10 heteroatoms. The van der Waals surface area contributed by atoms with Crippen LogP contribution in [0.5, 0.6) is 0 Å². The van der Waals surface area contributed by atoms with Gasteiger partial charge in [0.15, 0.2) is 0 Å². The van der Waals surface area contributed by atoms with Crippen molar-refractivity contribution in [1.29, 1.82) is 0 Å². The molecule has 0 bridgehead atoms. The molecule has 0 aromatic carbocycles. The van der Waals surface area contributed by atoms with Crippen LogP contribution in [0.2, 0.25) is 0 Å². The zero-order chi connectivity index (χ0) is 22.0. The summed E-state index contributed by atoms with van der Waals surface area (Å²) in [5.41, 5.74) is 2.94. The number of likely N-dealkylation sites (tertiary alicyclic amines) is 1. The number of nitrogens with one attached hydrogen (secondary N) is 2. The second-order valence-corrected chi connectivity index (χ2v) is 9.19. The van der Waals surface area contributed by atoms with E-state index in [1.165, 1.54) is 22.3 Å². The molecule has 1 atom stereocenters. The van der Waals surface area contributed by atoms with Crippen molar-refractivity contribution in [2.24, 2.45) is 0 Å². The molecule has 1 fully saturated rings. The van der Waals surface area contributed by atoms with Crippen LogP contribution in [0.25, 0.3) is 0 Å². The topological polar surface area (TPSA) is 111 Å². The van der Waals surface area contributed by atoms with Crippen LogP contribution in [0.15, 0.2) is 17.8 Å². The first-order valence-electron chi connectivity index (χ1n) is 10.5. The molecule has 2 aliphatic heterocycles. The highest BCUT2D eigenvalue weighted by atomic mass is 32.1. The molecule has 2 aliphatic rings. The Kier molecular flexibility index (Phi) is 6.49. The molecule has 0 aliphatic carbocycles. The molecule has 1 unspecified atom stereocenters. The largest absolute Gasteiger partial charge is 0.390 e. The quantitative estimate of drug-likeness (QED) is 0.575. The molecule has 4 rings (SSSR count). The van der Waals surface area contributed by atoms with Crippen molar-refractivity contribution in [1.82, 2.24) is 25.1 Å². The van der Waals surface area contributed by atoms with Crippen LogP contribution < -0.4 is 10.6 Å². The number of aryl methyl sites for hydroxylation is 1. The van der Waals surface area contributed by atoms with E-state index in [4.69, 9.17) is 0 Å². The fourth-order valence-electron chi connectivity index (χ4n) is 3.92. The van der Waals surface area contributed by atoms with Gasteiger partial charge in [-0.25, -0.2) is 9.97 Å². The van der Waals surface area contributed by atoms with Gasteiger partial charge < -0.3 is 20.6 Å². The van der Waals surface area contributed by atoms with E-state index < -0.39 is 6.10 Å². The summed E-state index contributed by atoms with van der Waals surface area (Å²) < 4.78 is 0. The van der Waals surface area contributed by atoms with Gasteiger partial charge in [0.05, 0.1) is 12.1 Å². The summed E-state index contributed by atoms with van der Waals surface area (Å²) in [4.78, 5) is 37.3. The van der Waals surface area contributed by atoms with Gasteiger partial charge in [-0.2, -0.15) is 0 Å². The van der Waals surface area contributed by atoms with Gasteiger partial charge in [0.2, 0.25) is 5.91 Å². The van der Waals surface area contributed by atoms with E-state index in [1.54, 1.807) is 17.9 Å². The lowest BCUT2D eigenvalue weighted by Crippen LogP contribution is -2.56. The minimum absolute atomic E-state index is 0.0508. The molecule has 4 heterocycles. The van der Waals surface area contributed by atoms with Gasteiger partial charge in [-0.1, -0.05) is 0 Å². The first-order chi connectivity index (χ1) is 14.9. The van der Waals surface area contributed by atoms with E-state index in [1.807, 2.05) is 11.3 Å². The van der Waals surface area contributed by atoms with E-state index >= 15 is 0 Å². The van der Waals surface area contributed by atoms with Crippen molar-refractivity contribution in [2.45, 2.75) is 39.0 Å². The number of aromatic nitrogens is 2. The van der Waals surface area contributed by atoms with Gasteiger partial charge in [0.1, 0.15) is 17.8 Å². The number of fused-ring (bicyclic) bond motifs is 1. The number of anilines is 1. The van der Waals surface area contributed by atoms with E-state index in [0.29, 0.717) is 25.5 Å². The predicted octanol–water partition coefficient (Wildman–Crippen LogP) is 0.638. The van der Waals surface area contributed by atoms with Crippen molar-refractivity contribution in [3.63, 3.8) is 0 Å². The standard InChI is InChI=1S/C21H28N6O3S/c1-13-11-31-19-3-4-26(10-17(13)19)9-16(29)6-22-21(30)18-5-20(24-12-23-18)25-15-7-27(8-15)14(2)28/h5,11-12,15-16,29H,3-4,6-10H2,1-2H3,(H,22,30)(H,23,24,25). The average molecular weight is 445 g/mol. The molecule has 2 aromatic heterocycles. The molecule has 2 amide bonds. The Morgan fingerprint density at radius 1 is 1.35 bits per heavy atom. The zero-order valence-electron chi connectivity index (χ0n) is 17.8. The lowest BCUT2D eigenvalue weighted by Gasteiger charge is -2.39. The van der Waals surface area contributed by atoms with E-state index in [9.17, 15) is 14.7 Å². The third-order valence-electron chi connectivity index (χ3n) is 5.77. The van der Waals surface area contributed by atoms with Gasteiger partial charge in [-0.15, -0.1) is 11.3 Å². The van der Waals surface area contributed by atoms with Crippen molar-refractivity contribution in [3.05, 3.63) is 39.5 Å². The number of aliphatic hydroxyl groups excluding tert-OH is 1. The third-order valence-corrected chi connectivity index (χ3v) is 6.98. The minimum atomic E-state index is -0.656. The molecule has 1 saturated heterocycles.